The zero-order chi connectivity index (χ0) is 18.9. The molecule has 2 aromatic rings. The van der Waals surface area contributed by atoms with Crippen molar-refractivity contribution in [1.82, 2.24) is 5.32 Å². The second-order valence-electron chi connectivity index (χ2n) is 5.52. The zero-order valence-electron chi connectivity index (χ0n) is 14.8. The molecule has 1 N–H and O–H groups in total. The molecule has 5 nitrogen and oxygen atoms in total. The molecule has 1 saturated heterocycles. The monoisotopic (exact) mass is 371 g/mol. The lowest BCUT2D eigenvalue weighted by molar-refractivity contribution is -0.117. The Kier molecular flexibility index (Phi) is 7.29. The number of methoxy groups -OCH3 is 1. The van der Waals surface area contributed by atoms with E-state index in [1.807, 2.05) is 31.2 Å². The van der Waals surface area contributed by atoms with Gasteiger partial charge in [-0.1, -0.05) is 48.2 Å². The first-order chi connectivity index (χ1) is 12.5. The first-order valence-electron chi connectivity index (χ1n) is 7.96. The lowest BCUT2D eigenvalue weighted by Crippen LogP contribution is -2.12. The van der Waals surface area contributed by atoms with Crippen LogP contribution in [0, 0.1) is 6.92 Å². The molecule has 1 fully saturated rings. The van der Waals surface area contributed by atoms with Gasteiger partial charge in [-0.25, -0.2) is 0 Å². The van der Waals surface area contributed by atoms with Crippen molar-refractivity contribution in [1.29, 1.82) is 0 Å². The van der Waals surface area contributed by atoms with Crippen LogP contribution >= 0.6 is 11.8 Å². The fourth-order valence-electron chi connectivity index (χ4n) is 2.04. The Morgan fingerprint density at radius 1 is 1.19 bits per heavy atom. The maximum Gasteiger partial charge on any atom is 0.235 e. The van der Waals surface area contributed by atoms with Gasteiger partial charge in [-0.15, -0.1) is 0 Å². The van der Waals surface area contributed by atoms with Gasteiger partial charge in [0.2, 0.25) is 5.91 Å². The number of carbonyl (C=O) groups is 2. The number of ether oxygens (including phenoxy) is 2. The molecule has 0 unspecified atom stereocenters. The van der Waals surface area contributed by atoms with Crippen molar-refractivity contribution in [2.75, 3.05) is 19.5 Å². The molecule has 1 aliphatic heterocycles. The fraction of sp³-hybridized carbons (Fsp3) is 0.200. The minimum Gasteiger partial charge on any atom is -0.497 e. The molecular weight excluding hydrogens is 350 g/mol. The van der Waals surface area contributed by atoms with Gasteiger partial charge >= 0.3 is 0 Å². The van der Waals surface area contributed by atoms with E-state index in [1.54, 1.807) is 31.4 Å². The highest BCUT2D eigenvalue weighted by atomic mass is 32.2. The largest absolute Gasteiger partial charge is 0.497 e. The number of benzene rings is 2. The van der Waals surface area contributed by atoms with Crippen molar-refractivity contribution in [3.8, 4) is 11.5 Å². The lowest BCUT2D eigenvalue weighted by atomic mass is 10.1. The average Bonchev–Trinajstić information content (AvgIpc) is 3.04. The highest BCUT2D eigenvalue weighted by Crippen LogP contribution is 2.16. The van der Waals surface area contributed by atoms with Crippen molar-refractivity contribution >= 4 is 23.5 Å². The third kappa shape index (κ3) is 6.29. The highest BCUT2D eigenvalue weighted by Gasteiger charge is 2.11. The second-order valence-corrected chi connectivity index (χ2v) is 6.59. The maximum absolute atomic E-state index is 12.0. The number of aryl methyl sites for hydroxylation is 1. The predicted molar refractivity (Wildman–Crippen MR) is 104 cm³/mol. The molecule has 26 heavy (non-hydrogen) atoms. The van der Waals surface area contributed by atoms with E-state index in [4.69, 9.17) is 9.47 Å². The molecule has 1 amide bonds. The van der Waals surface area contributed by atoms with Crippen LogP contribution in [0.2, 0.25) is 0 Å². The Bertz CT molecular complexity index is 773. The van der Waals surface area contributed by atoms with Crippen LogP contribution in [0.3, 0.4) is 0 Å². The number of nitrogens with one attached hydrogen (secondary N) is 1. The molecule has 1 aliphatic rings. The van der Waals surface area contributed by atoms with Crippen LogP contribution in [0.15, 0.2) is 60.1 Å². The van der Waals surface area contributed by atoms with E-state index in [9.17, 15) is 9.59 Å². The van der Waals surface area contributed by atoms with E-state index in [1.165, 1.54) is 11.8 Å². The summed E-state index contributed by atoms with van der Waals surface area (Å²) in [5.74, 6) is 1.90. The molecule has 0 aromatic heterocycles. The Balaban J connectivity index is 0.000000290. The Morgan fingerprint density at radius 2 is 1.92 bits per heavy atom. The third-order valence-electron chi connectivity index (χ3n) is 3.44. The minimum atomic E-state index is -0.0699. The van der Waals surface area contributed by atoms with Crippen LogP contribution in [0.1, 0.15) is 15.9 Å². The van der Waals surface area contributed by atoms with Crippen molar-refractivity contribution in [3.63, 3.8) is 0 Å². The summed E-state index contributed by atoms with van der Waals surface area (Å²) in [5, 5.41) is 3.31. The van der Waals surface area contributed by atoms with Crippen molar-refractivity contribution in [3.05, 3.63) is 71.3 Å². The quantitative estimate of drug-likeness (QED) is 0.814. The number of thioether (sulfide) groups is 1. The lowest BCUT2D eigenvalue weighted by Gasteiger charge is -2.07. The molecule has 136 valence electrons. The normalized spacial score (nSPS) is 12.7. The summed E-state index contributed by atoms with van der Waals surface area (Å²) in [7, 11) is 1.58. The fourth-order valence-corrected chi connectivity index (χ4v) is 2.61. The SMILES string of the molecule is C=C1NC(=O)CS1.COc1cccc(C(=O)COc2ccc(C)cc2)c1. The van der Waals surface area contributed by atoms with E-state index in [0.717, 1.165) is 10.6 Å². The number of hydrogen-bond acceptors (Lipinski definition) is 5. The number of rotatable bonds is 5. The molecule has 0 aliphatic carbocycles. The summed E-state index contributed by atoms with van der Waals surface area (Å²) in [6.07, 6.45) is 0. The molecule has 0 radical (unpaired) electrons. The van der Waals surface area contributed by atoms with E-state index >= 15 is 0 Å². The summed E-state index contributed by atoms with van der Waals surface area (Å²) in [5.41, 5.74) is 1.75. The smallest absolute Gasteiger partial charge is 0.235 e. The average molecular weight is 371 g/mol. The predicted octanol–water partition coefficient (Wildman–Crippen LogP) is 3.59. The van der Waals surface area contributed by atoms with Gasteiger partial charge in [-0.05, 0) is 31.2 Å². The van der Waals surface area contributed by atoms with Gasteiger partial charge in [0.1, 0.15) is 11.5 Å². The van der Waals surface area contributed by atoms with Crippen LogP contribution in [0.25, 0.3) is 0 Å². The van der Waals surface area contributed by atoms with Crippen molar-refractivity contribution in [2.45, 2.75) is 6.92 Å². The standard InChI is InChI=1S/C16H16O3.C4H5NOS/c1-12-6-8-14(9-7-12)19-11-16(17)13-4-3-5-15(10-13)18-2;1-3-5-4(6)2-7-3/h3-10H,11H2,1-2H3;1-2H2,(H,5,6). The second kappa shape index (κ2) is 9.68. The van der Waals surface area contributed by atoms with Gasteiger partial charge in [0.25, 0.3) is 0 Å². The van der Waals surface area contributed by atoms with Crippen LogP contribution < -0.4 is 14.8 Å². The molecule has 6 heteroatoms. The summed E-state index contributed by atoms with van der Waals surface area (Å²) >= 11 is 1.45. The first kappa shape index (κ1) is 19.6. The number of ketones is 1. The van der Waals surface area contributed by atoms with Crippen LogP contribution in [-0.4, -0.2) is 31.2 Å². The van der Waals surface area contributed by atoms with Gasteiger partial charge in [0, 0.05) is 5.56 Å². The van der Waals surface area contributed by atoms with Gasteiger partial charge in [0.15, 0.2) is 12.4 Å². The third-order valence-corrected chi connectivity index (χ3v) is 4.30. The zero-order valence-corrected chi connectivity index (χ0v) is 15.6. The molecule has 0 bridgehead atoms. The van der Waals surface area contributed by atoms with Crippen molar-refractivity contribution in [2.24, 2.45) is 0 Å². The summed E-state index contributed by atoms with van der Waals surface area (Å²) < 4.78 is 10.5. The summed E-state index contributed by atoms with van der Waals surface area (Å²) in [6, 6.07) is 14.7. The van der Waals surface area contributed by atoms with E-state index < -0.39 is 0 Å². The number of amides is 1. The Hall–Kier alpha value is -2.73. The van der Waals surface area contributed by atoms with E-state index in [0.29, 0.717) is 22.8 Å². The van der Waals surface area contributed by atoms with Gasteiger partial charge in [-0.2, -0.15) is 0 Å². The molecule has 0 atom stereocenters. The number of Topliss-reactive ketones (excluding diaryl/α,β-unsaturated/α-hetero) is 1. The summed E-state index contributed by atoms with van der Waals surface area (Å²) in [6.45, 7) is 5.56. The van der Waals surface area contributed by atoms with Crippen LogP contribution in [-0.2, 0) is 4.79 Å². The highest BCUT2D eigenvalue weighted by molar-refractivity contribution is 8.04. The molecule has 0 spiro atoms. The molecule has 1 heterocycles. The summed E-state index contributed by atoms with van der Waals surface area (Å²) in [4.78, 5) is 22.2. The topological polar surface area (TPSA) is 64.6 Å². The number of hydrogen-bond donors (Lipinski definition) is 1. The molecular formula is C20H21NO4S. The molecule has 3 rings (SSSR count). The van der Waals surface area contributed by atoms with Crippen LogP contribution in [0.4, 0.5) is 0 Å². The minimum absolute atomic E-state index is 0.0240. The first-order valence-corrected chi connectivity index (χ1v) is 8.95. The molecule has 2 aromatic carbocycles. The number of carbonyl (C=O) groups excluding carboxylic acids is 2. The van der Waals surface area contributed by atoms with Gasteiger partial charge in [0.05, 0.1) is 17.9 Å². The van der Waals surface area contributed by atoms with Gasteiger partial charge in [-0.3, -0.25) is 9.59 Å². The van der Waals surface area contributed by atoms with Gasteiger partial charge < -0.3 is 14.8 Å². The van der Waals surface area contributed by atoms with E-state index in [2.05, 4.69) is 11.9 Å². The Labute approximate surface area is 157 Å². The van der Waals surface area contributed by atoms with E-state index in [-0.39, 0.29) is 18.3 Å². The Morgan fingerprint density at radius 3 is 2.46 bits per heavy atom. The maximum atomic E-state index is 12.0. The van der Waals surface area contributed by atoms with Crippen LogP contribution in [0.5, 0.6) is 11.5 Å². The molecule has 0 saturated carbocycles. The van der Waals surface area contributed by atoms with Crippen molar-refractivity contribution < 1.29 is 19.1 Å².